The van der Waals surface area contributed by atoms with Gasteiger partial charge in [0, 0.05) is 28.8 Å². The van der Waals surface area contributed by atoms with Crippen molar-refractivity contribution >= 4 is 22.7 Å². The maximum atomic E-state index is 5.72. The maximum absolute atomic E-state index is 5.72. The van der Waals surface area contributed by atoms with E-state index < -0.39 is 0 Å². The molecular weight excluding hydrogens is 254 g/mol. The van der Waals surface area contributed by atoms with Crippen LogP contribution in [0.5, 0.6) is 0 Å². The molecule has 100 valence electrons. The number of nitrogens with zero attached hydrogens (tertiary/aromatic N) is 1. The molecular formula is C15H19N3S. The van der Waals surface area contributed by atoms with Crippen molar-refractivity contribution in [2.24, 2.45) is 5.84 Å². The average molecular weight is 273 g/mol. The van der Waals surface area contributed by atoms with E-state index in [1.807, 2.05) is 23.9 Å². The SMILES string of the molecule is NNC(Cc1ccc2ccccc2n1)C1CCCS1. The number of nitrogens with one attached hydrogen (secondary N) is 1. The Labute approximate surface area is 117 Å². The van der Waals surface area contributed by atoms with Crippen molar-refractivity contribution in [3.8, 4) is 0 Å². The van der Waals surface area contributed by atoms with Gasteiger partial charge in [0.25, 0.3) is 0 Å². The molecule has 1 aromatic heterocycles. The van der Waals surface area contributed by atoms with E-state index in [0.29, 0.717) is 11.3 Å². The van der Waals surface area contributed by atoms with Crippen LogP contribution in [0.1, 0.15) is 18.5 Å². The standard InChI is InChI=1S/C15H19N3S/c16-18-14(15-6-3-9-19-15)10-12-8-7-11-4-1-2-5-13(11)17-12/h1-2,4-5,7-8,14-15,18H,3,6,9-10,16H2. The lowest BCUT2D eigenvalue weighted by atomic mass is 10.0. The predicted octanol–water partition coefficient (Wildman–Crippen LogP) is 2.50. The highest BCUT2D eigenvalue weighted by Gasteiger charge is 2.25. The monoisotopic (exact) mass is 273 g/mol. The second-order valence-corrected chi connectivity index (χ2v) is 6.37. The number of hydrogen-bond donors (Lipinski definition) is 2. The summed E-state index contributed by atoms with van der Waals surface area (Å²) in [6, 6.07) is 12.8. The molecule has 1 saturated heterocycles. The minimum atomic E-state index is 0.321. The molecule has 3 N–H and O–H groups in total. The molecule has 0 aliphatic carbocycles. The van der Waals surface area contributed by atoms with Gasteiger partial charge >= 0.3 is 0 Å². The average Bonchev–Trinajstić information content (AvgIpc) is 2.98. The fraction of sp³-hybridized carbons (Fsp3) is 0.400. The van der Waals surface area contributed by atoms with E-state index in [2.05, 4.69) is 29.7 Å². The van der Waals surface area contributed by atoms with Crippen molar-refractivity contribution < 1.29 is 0 Å². The molecule has 1 aromatic carbocycles. The van der Waals surface area contributed by atoms with Gasteiger partial charge in [-0.2, -0.15) is 11.8 Å². The number of hydrazine groups is 1. The van der Waals surface area contributed by atoms with Crippen LogP contribution in [-0.2, 0) is 6.42 Å². The normalized spacial score (nSPS) is 20.8. The molecule has 3 nitrogen and oxygen atoms in total. The second kappa shape index (κ2) is 5.90. The first kappa shape index (κ1) is 12.9. The van der Waals surface area contributed by atoms with Crippen LogP contribution in [0, 0.1) is 0 Å². The summed E-state index contributed by atoms with van der Waals surface area (Å²) in [4.78, 5) is 4.73. The zero-order valence-corrected chi connectivity index (χ0v) is 11.7. The van der Waals surface area contributed by atoms with Crippen molar-refractivity contribution in [2.75, 3.05) is 5.75 Å². The van der Waals surface area contributed by atoms with Gasteiger partial charge < -0.3 is 0 Å². The Balaban J connectivity index is 1.79. The summed E-state index contributed by atoms with van der Waals surface area (Å²) in [5.74, 6) is 6.98. The van der Waals surface area contributed by atoms with E-state index in [-0.39, 0.29) is 0 Å². The maximum Gasteiger partial charge on any atom is 0.0705 e. The van der Waals surface area contributed by atoms with Gasteiger partial charge in [-0.3, -0.25) is 16.3 Å². The van der Waals surface area contributed by atoms with Crippen LogP contribution in [-0.4, -0.2) is 22.0 Å². The number of fused-ring (bicyclic) bond motifs is 1. The third-order valence-corrected chi connectivity index (χ3v) is 5.23. The van der Waals surface area contributed by atoms with Crippen LogP contribution in [0.3, 0.4) is 0 Å². The van der Waals surface area contributed by atoms with Gasteiger partial charge in [0.15, 0.2) is 0 Å². The minimum Gasteiger partial charge on any atom is -0.271 e. The third kappa shape index (κ3) is 2.91. The Morgan fingerprint density at radius 3 is 3.00 bits per heavy atom. The van der Waals surface area contributed by atoms with Gasteiger partial charge in [0.2, 0.25) is 0 Å². The van der Waals surface area contributed by atoms with Crippen molar-refractivity contribution in [1.82, 2.24) is 10.4 Å². The lowest BCUT2D eigenvalue weighted by Crippen LogP contribution is -2.43. The largest absolute Gasteiger partial charge is 0.271 e. The van der Waals surface area contributed by atoms with Crippen molar-refractivity contribution in [3.05, 3.63) is 42.1 Å². The van der Waals surface area contributed by atoms with E-state index in [1.165, 1.54) is 24.0 Å². The third-order valence-electron chi connectivity index (χ3n) is 3.71. The Kier molecular flexibility index (Phi) is 4.01. The molecule has 1 fully saturated rings. The highest BCUT2D eigenvalue weighted by Crippen LogP contribution is 2.29. The van der Waals surface area contributed by atoms with E-state index >= 15 is 0 Å². The topological polar surface area (TPSA) is 50.9 Å². The highest BCUT2D eigenvalue weighted by atomic mass is 32.2. The summed E-state index contributed by atoms with van der Waals surface area (Å²) in [5, 5.41) is 1.82. The first-order valence-electron chi connectivity index (χ1n) is 6.79. The number of hydrogen-bond acceptors (Lipinski definition) is 4. The number of para-hydroxylation sites is 1. The van der Waals surface area contributed by atoms with Crippen LogP contribution in [0.4, 0.5) is 0 Å². The zero-order valence-electron chi connectivity index (χ0n) is 10.9. The Morgan fingerprint density at radius 2 is 2.21 bits per heavy atom. The number of thioether (sulfide) groups is 1. The Morgan fingerprint density at radius 1 is 1.32 bits per heavy atom. The molecule has 0 amide bonds. The second-order valence-electron chi connectivity index (χ2n) is 5.02. The molecule has 0 bridgehead atoms. The van der Waals surface area contributed by atoms with Crippen LogP contribution in [0.25, 0.3) is 10.9 Å². The molecule has 2 heterocycles. The molecule has 1 aliphatic heterocycles. The van der Waals surface area contributed by atoms with Crippen molar-refractivity contribution in [3.63, 3.8) is 0 Å². The number of rotatable bonds is 4. The summed E-state index contributed by atoms with van der Waals surface area (Å²) in [7, 11) is 0. The fourth-order valence-electron chi connectivity index (χ4n) is 2.66. The lowest BCUT2D eigenvalue weighted by Gasteiger charge is -2.21. The summed E-state index contributed by atoms with van der Waals surface area (Å²) in [5.41, 5.74) is 5.16. The van der Waals surface area contributed by atoms with Gasteiger partial charge in [0.05, 0.1) is 5.52 Å². The highest BCUT2D eigenvalue weighted by molar-refractivity contribution is 8.00. The van der Waals surface area contributed by atoms with E-state index in [1.54, 1.807) is 0 Å². The first-order valence-corrected chi connectivity index (χ1v) is 7.84. The molecule has 1 aliphatic rings. The van der Waals surface area contributed by atoms with E-state index in [0.717, 1.165) is 17.6 Å². The van der Waals surface area contributed by atoms with Crippen LogP contribution >= 0.6 is 11.8 Å². The molecule has 2 atom stereocenters. The van der Waals surface area contributed by atoms with Crippen LogP contribution < -0.4 is 11.3 Å². The van der Waals surface area contributed by atoms with Crippen molar-refractivity contribution in [2.45, 2.75) is 30.6 Å². The van der Waals surface area contributed by atoms with Gasteiger partial charge in [-0.25, -0.2) is 0 Å². The number of nitrogens with two attached hydrogens (primary N) is 1. The summed E-state index contributed by atoms with van der Waals surface area (Å²) >= 11 is 2.03. The molecule has 2 unspecified atom stereocenters. The van der Waals surface area contributed by atoms with Crippen LogP contribution in [0.15, 0.2) is 36.4 Å². The quantitative estimate of drug-likeness (QED) is 0.664. The molecule has 3 rings (SSSR count). The molecule has 0 spiro atoms. The first-order chi connectivity index (χ1) is 9.36. The molecule has 19 heavy (non-hydrogen) atoms. The van der Waals surface area contributed by atoms with E-state index in [9.17, 15) is 0 Å². The smallest absolute Gasteiger partial charge is 0.0705 e. The number of pyridine rings is 1. The van der Waals surface area contributed by atoms with Gasteiger partial charge in [-0.05, 0) is 30.7 Å². The molecule has 2 aromatic rings. The van der Waals surface area contributed by atoms with E-state index in [4.69, 9.17) is 10.8 Å². The lowest BCUT2D eigenvalue weighted by molar-refractivity contribution is 0.492. The van der Waals surface area contributed by atoms with Gasteiger partial charge in [0.1, 0.15) is 0 Å². The molecule has 4 heteroatoms. The number of benzene rings is 1. The molecule has 0 saturated carbocycles. The summed E-state index contributed by atoms with van der Waals surface area (Å²) < 4.78 is 0. The Hall–Kier alpha value is -1.10. The summed E-state index contributed by atoms with van der Waals surface area (Å²) in [6.07, 6.45) is 3.46. The summed E-state index contributed by atoms with van der Waals surface area (Å²) in [6.45, 7) is 0. The fourth-order valence-corrected chi connectivity index (χ4v) is 4.04. The number of aromatic nitrogens is 1. The zero-order chi connectivity index (χ0) is 13.1. The van der Waals surface area contributed by atoms with Crippen LogP contribution in [0.2, 0.25) is 0 Å². The Bertz CT molecular complexity index is 552. The van der Waals surface area contributed by atoms with Gasteiger partial charge in [-0.1, -0.05) is 24.3 Å². The predicted molar refractivity (Wildman–Crippen MR) is 82.0 cm³/mol. The van der Waals surface area contributed by atoms with Gasteiger partial charge in [-0.15, -0.1) is 0 Å². The minimum absolute atomic E-state index is 0.321. The molecule has 0 radical (unpaired) electrons. The van der Waals surface area contributed by atoms with Crippen molar-refractivity contribution in [1.29, 1.82) is 0 Å².